The first-order valence-corrected chi connectivity index (χ1v) is 5.70. The van der Waals surface area contributed by atoms with Crippen molar-refractivity contribution in [3.63, 3.8) is 0 Å². The van der Waals surface area contributed by atoms with Crippen molar-refractivity contribution < 1.29 is 13.5 Å². The van der Waals surface area contributed by atoms with Crippen molar-refractivity contribution in [1.29, 1.82) is 0 Å². The highest BCUT2D eigenvalue weighted by Gasteiger charge is 2.06. The molecule has 0 amide bonds. The van der Waals surface area contributed by atoms with Crippen LogP contribution >= 0.6 is 11.3 Å². The fourth-order valence-electron chi connectivity index (χ4n) is 1.31. The van der Waals surface area contributed by atoms with Crippen LogP contribution in [0.3, 0.4) is 0 Å². The second-order valence-corrected chi connectivity index (χ2v) is 4.35. The lowest BCUT2D eigenvalue weighted by Crippen LogP contribution is -2.01. The van der Waals surface area contributed by atoms with E-state index in [-0.39, 0.29) is 5.75 Å². The SMILES string of the molecule is NCc1cnc(-c2ccc(OC(F)F)cc2)s1. The average molecular weight is 256 g/mol. The summed E-state index contributed by atoms with van der Waals surface area (Å²) in [6, 6.07) is 6.36. The van der Waals surface area contributed by atoms with Gasteiger partial charge in [0.2, 0.25) is 0 Å². The number of hydrogen-bond donors (Lipinski definition) is 1. The molecule has 6 heteroatoms. The van der Waals surface area contributed by atoms with Gasteiger partial charge in [-0.15, -0.1) is 11.3 Å². The second kappa shape index (κ2) is 5.20. The normalized spacial score (nSPS) is 10.8. The smallest absolute Gasteiger partial charge is 0.387 e. The largest absolute Gasteiger partial charge is 0.435 e. The van der Waals surface area contributed by atoms with Crippen LogP contribution in [0.2, 0.25) is 0 Å². The van der Waals surface area contributed by atoms with Gasteiger partial charge in [0.15, 0.2) is 0 Å². The summed E-state index contributed by atoms with van der Waals surface area (Å²) in [5.74, 6) is 0.138. The minimum atomic E-state index is -2.80. The van der Waals surface area contributed by atoms with E-state index in [9.17, 15) is 8.78 Å². The van der Waals surface area contributed by atoms with Crippen LogP contribution in [0.1, 0.15) is 4.88 Å². The first-order chi connectivity index (χ1) is 8.19. The highest BCUT2D eigenvalue weighted by atomic mass is 32.1. The molecule has 1 aromatic heterocycles. The van der Waals surface area contributed by atoms with Crippen molar-refractivity contribution in [3.8, 4) is 16.3 Å². The van der Waals surface area contributed by atoms with E-state index in [1.165, 1.54) is 23.5 Å². The number of alkyl halides is 2. The van der Waals surface area contributed by atoms with Crippen molar-refractivity contribution in [3.05, 3.63) is 35.3 Å². The Morgan fingerprint density at radius 1 is 1.29 bits per heavy atom. The first kappa shape index (κ1) is 11.9. The summed E-state index contributed by atoms with van der Waals surface area (Å²) in [6.07, 6.45) is 1.71. The van der Waals surface area contributed by atoms with Gasteiger partial charge in [0, 0.05) is 23.2 Å². The number of ether oxygens (including phenoxy) is 1. The van der Waals surface area contributed by atoms with E-state index < -0.39 is 6.61 Å². The zero-order valence-electron chi connectivity index (χ0n) is 8.77. The summed E-state index contributed by atoms with van der Waals surface area (Å²) in [7, 11) is 0. The lowest BCUT2D eigenvalue weighted by molar-refractivity contribution is -0.0498. The van der Waals surface area contributed by atoms with Crippen LogP contribution in [0, 0.1) is 0 Å². The molecule has 2 rings (SSSR count). The van der Waals surface area contributed by atoms with Gasteiger partial charge >= 0.3 is 6.61 Å². The maximum Gasteiger partial charge on any atom is 0.387 e. The maximum absolute atomic E-state index is 11.9. The fourth-order valence-corrected chi connectivity index (χ4v) is 2.11. The van der Waals surface area contributed by atoms with E-state index in [0.717, 1.165) is 15.4 Å². The number of nitrogens with two attached hydrogens (primary N) is 1. The molecule has 0 aliphatic carbocycles. The van der Waals surface area contributed by atoms with E-state index in [2.05, 4.69) is 9.72 Å². The summed E-state index contributed by atoms with van der Waals surface area (Å²) in [4.78, 5) is 5.18. The average Bonchev–Trinajstić information content (AvgIpc) is 2.78. The van der Waals surface area contributed by atoms with Gasteiger partial charge in [0.25, 0.3) is 0 Å². The number of hydrogen-bond acceptors (Lipinski definition) is 4. The number of halogens is 2. The molecule has 90 valence electrons. The third kappa shape index (κ3) is 2.98. The minimum absolute atomic E-state index is 0.138. The number of nitrogens with zero attached hydrogens (tertiary/aromatic N) is 1. The van der Waals surface area contributed by atoms with E-state index in [1.807, 2.05) is 0 Å². The molecule has 0 bridgehead atoms. The molecule has 17 heavy (non-hydrogen) atoms. The first-order valence-electron chi connectivity index (χ1n) is 4.89. The molecule has 0 saturated carbocycles. The molecule has 0 atom stereocenters. The molecule has 0 radical (unpaired) electrons. The minimum Gasteiger partial charge on any atom is -0.435 e. The van der Waals surface area contributed by atoms with Crippen molar-refractivity contribution in [2.24, 2.45) is 5.73 Å². The van der Waals surface area contributed by atoms with Gasteiger partial charge in [0.1, 0.15) is 10.8 Å². The highest BCUT2D eigenvalue weighted by Crippen LogP contribution is 2.26. The summed E-state index contributed by atoms with van der Waals surface area (Å²) < 4.78 is 28.2. The lowest BCUT2D eigenvalue weighted by Gasteiger charge is -2.04. The van der Waals surface area contributed by atoms with Gasteiger partial charge in [0.05, 0.1) is 0 Å². The summed E-state index contributed by atoms with van der Waals surface area (Å²) >= 11 is 1.48. The van der Waals surface area contributed by atoms with Gasteiger partial charge < -0.3 is 10.5 Å². The van der Waals surface area contributed by atoms with Crippen LogP contribution in [0.5, 0.6) is 5.75 Å². The molecular weight excluding hydrogens is 246 g/mol. The van der Waals surface area contributed by atoms with Crippen molar-refractivity contribution in [2.75, 3.05) is 0 Å². The number of thiazole rings is 1. The molecule has 0 aliphatic rings. The van der Waals surface area contributed by atoms with Crippen LogP contribution < -0.4 is 10.5 Å². The second-order valence-electron chi connectivity index (χ2n) is 3.24. The molecular formula is C11H10F2N2OS. The Labute approximate surface area is 101 Å². The predicted molar refractivity (Wildman–Crippen MR) is 62.1 cm³/mol. The standard InChI is InChI=1S/C11H10F2N2OS/c12-11(13)16-8-3-1-7(2-4-8)10-15-6-9(5-14)17-10/h1-4,6,11H,5,14H2. The molecule has 2 N–H and O–H groups in total. The van der Waals surface area contributed by atoms with Crippen molar-refractivity contribution in [2.45, 2.75) is 13.2 Å². The monoisotopic (exact) mass is 256 g/mol. The third-order valence-electron chi connectivity index (χ3n) is 2.08. The molecule has 0 spiro atoms. The van der Waals surface area contributed by atoms with Crippen LogP contribution in [0.15, 0.2) is 30.5 Å². The van der Waals surface area contributed by atoms with E-state index in [4.69, 9.17) is 5.73 Å². The van der Waals surface area contributed by atoms with Gasteiger partial charge in [-0.05, 0) is 24.3 Å². The third-order valence-corrected chi connectivity index (χ3v) is 3.15. The Morgan fingerprint density at radius 3 is 2.53 bits per heavy atom. The molecule has 2 aromatic rings. The van der Waals surface area contributed by atoms with Gasteiger partial charge in [-0.25, -0.2) is 4.98 Å². The van der Waals surface area contributed by atoms with Crippen LogP contribution in [0.25, 0.3) is 10.6 Å². The Hall–Kier alpha value is -1.53. The van der Waals surface area contributed by atoms with E-state index in [1.54, 1.807) is 18.3 Å². The van der Waals surface area contributed by atoms with Crippen LogP contribution in [-0.4, -0.2) is 11.6 Å². The molecule has 1 heterocycles. The van der Waals surface area contributed by atoms with E-state index >= 15 is 0 Å². The van der Waals surface area contributed by atoms with Crippen molar-refractivity contribution in [1.82, 2.24) is 4.98 Å². The van der Waals surface area contributed by atoms with E-state index in [0.29, 0.717) is 6.54 Å². The summed E-state index contributed by atoms with van der Waals surface area (Å²) in [5.41, 5.74) is 6.34. The van der Waals surface area contributed by atoms with Crippen LogP contribution in [0.4, 0.5) is 8.78 Å². The molecule has 0 saturated heterocycles. The molecule has 3 nitrogen and oxygen atoms in total. The topological polar surface area (TPSA) is 48.1 Å². The molecule has 0 unspecified atom stereocenters. The Kier molecular flexibility index (Phi) is 3.65. The van der Waals surface area contributed by atoms with Crippen LogP contribution in [-0.2, 0) is 6.54 Å². The lowest BCUT2D eigenvalue weighted by atomic mass is 10.2. The molecule has 1 aromatic carbocycles. The Morgan fingerprint density at radius 2 is 2.00 bits per heavy atom. The zero-order valence-corrected chi connectivity index (χ0v) is 9.58. The highest BCUT2D eigenvalue weighted by molar-refractivity contribution is 7.15. The number of aromatic nitrogens is 1. The summed E-state index contributed by atoms with van der Waals surface area (Å²) in [5, 5.41) is 0.814. The maximum atomic E-state index is 11.9. The van der Waals surface area contributed by atoms with Gasteiger partial charge in [-0.3, -0.25) is 0 Å². The molecule has 0 fully saturated rings. The van der Waals surface area contributed by atoms with Crippen molar-refractivity contribution >= 4 is 11.3 Å². The number of benzene rings is 1. The number of rotatable bonds is 4. The fraction of sp³-hybridized carbons (Fsp3) is 0.182. The Balaban J connectivity index is 2.17. The zero-order chi connectivity index (χ0) is 12.3. The van der Waals surface area contributed by atoms with Gasteiger partial charge in [-0.2, -0.15) is 8.78 Å². The predicted octanol–water partition coefficient (Wildman–Crippen LogP) is 2.87. The summed E-state index contributed by atoms with van der Waals surface area (Å²) in [6.45, 7) is -2.35. The quantitative estimate of drug-likeness (QED) is 0.915. The Bertz CT molecular complexity index is 484. The van der Waals surface area contributed by atoms with Gasteiger partial charge in [-0.1, -0.05) is 0 Å². The molecule has 0 aliphatic heterocycles.